The van der Waals surface area contributed by atoms with E-state index in [1.807, 2.05) is 37.2 Å². The minimum Gasteiger partial charge on any atom is -0.356 e. The number of nitrogens with zero attached hydrogens (tertiary/aromatic N) is 6. The first-order valence-electron chi connectivity index (χ1n) is 9.87. The van der Waals surface area contributed by atoms with Crippen LogP contribution in [0, 0.1) is 5.82 Å². The lowest BCUT2D eigenvalue weighted by atomic mass is 10.0. The maximum atomic E-state index is 13.1. The quantitative estimate of drug-likeness (QED) is 0.532. The molecule has 0 amide bonds. The van der Waals surface area contributed by atoms with Crippen molar-refractivity contribution in [2.45, 2.75) is 18.8 Å². The molecule has 1 aromatic carbocycles. The number of nitrogens with one attached hydrogen (secondary N) is 1. The van der Waals surface area contributed by atoms with Gasteiger partial charge < -0.3 is 10.2 Å². The summed E-state index contributed by atoms with van der Waals surface area (Å²) in [5.41, 5.74) is 3.11. The lowest BCUT2D eigenvalue weighted by Gasteiger charge is -2.21. The van der Waals surface area contributed by atoms with E-state index in [0.29, 0.717) is 5.92 Å². The van der Waals surface area contributed by atoms with Crippen molar-refractivity contribution in [2.24, 2.45) is 12.0 Å². The SMILES string of the molecule is CN=C(NCCc1ccn(-c2ccc(F)cc2)n1)N1CCC(c2cnn(C)c2)C1. The average molecular weight is 395 g/mol. The molecule has 3 heterocycles. The lowest BCUT2D eigenvalue weighted by molar-refractivity contribution is 0.486. The molecule has 1 aliphatic rings. The minimum atomic E-state index is -0.246. The molecule has 0 spiro atoms. The highest BCUT2D eigenvalue weighted by Crippen LogP contribution is 2.26. The van der Waals surface area contributed by atoms with Gasteiger partial charge in [0.1, 0.15) is 5.82 Å². The Hall–Kier alpha value is -3.16. The van der Waals surface area contributed by atoms with Crippen molar-refractivity contribution in [1.29, 1.82) is 0 Å². The third kappa shape index (κ3) is 4.47. The van der Waals surface area contributed by atoms with E-state index in [1.165, 1.54) is 17.7 Å². The van der Waals surface area contributed by atoms with Crippen LogP contribution in [0.1, 0.15) is 23.6 Å². The summed E-state index contributed by atoms with van der Waals surface area (Å²) < 4.78 is 16.7. The summed E-state index contributed by atoms with van der Waals surface area (Å²) in [6.45, 7) is 2.68. The van der Waals surface area contributed by atoms with Gasteiger partial charge in [0.15, 0.2) is 5.96 Å². The fraction of sp³-hybridized carbons (Fsp3) is 0.381. The predicted molar refractivity (Wildman–Crippen MR) is 111 cm³/mol. The Labute approximate surface area is 169 Å². The Morgan fingerprint density at radius 2 is 2.10 bits per heavy atom. The molecule has 2 aromatic heterocycles. The maximum Gasteiger partial charge on any atom is 0.193 e. The molecule has 8 heteroatoms. The van der Waals surface area contributed by atoms with Gasteiger partial charge in [-0.25, -0.2) is 9.07 Å². The largest absolute Gasteiger partial charge is 0.356 e. The standard InChI is InChI=1S/C21H26FN7/c1-23-21(28-11-8-16(15-28)17-13-25-27(2)14-17)24-10-7-19-9-12-29(26-19)20-5-3-18(22)4-6-20/h3-6,9,12-14,16H,7-8,10-11,15H2,1-2H3,(H,23,24). The van der Waals surface area contributed by atoms with E-state index in [1.54, 1.807) is 16.8 Å². The van der Waals surface area contributed by atoms with E-state index in [2.05, 4.69) is 31.6 Å². The van der Waals surface area contributed by atoms with E-state index in [0.717, 1.165) is 49.8 Å². The van der Waals surface area contributed by atoms with Gasteiger partial charge in [0, 0.05) is 58.5 Å². The van der Waals surface area contributed by atoms with Gasteiger partial charge in [0.05, 0.1) is 17.6 Å². The van der Waals surface area contributed by atoms with Crippen LogP contribution in [0.15, 0.2) is 53.9 Å². The first-order chi connectivity index (χ1) is 14.1. The second kappa shape index (κ2) is 8.46. The molecule has 1 unspecified atom stereocenters. The third-order valence-corrected chi connectivity index (χ3v) is 5.30. The highest BCUT2D eigenvalue weighted by Gasteiger charge is 2.26. The van der Waals surface area contributed by atoms with Crippen molar-refractivity contribution in [1.82, 2.24) is 29.8 Å². The molecule has 1 fully saturated rings. The maximum absolute atomic E-state index is 13.1. The second-order valence-electron chi connectivity index (χ2n) is 7.33. The fourth-order valence-corrected chi connectivity index (χ4v) is 3.74. The molecule has 29 heavy (non-hydrogen) atoms. The van der Waals surface area contributed by atoms with E-state index in [-0.39, 0.29) is 5.82 Å². The first-order valence-corrected chi connectivity index (χ1v) is 9.87. The predicted octanol–water partition coefficient (Wildman–Crippen LogP) is 2.35. The van der Waals surface area contributed by atoms with Gasteiger partial charge in [0.25, 0.3) is 0 Å². The summed E-state index contributed by atoms with van der Waals surface area (Å²) in [4.78, 5) is 6.75. The molecule has 152 valence electrons. The Balaban J connectivity index is 1.29. The molecule has 0 saturated carbocycles. The molecule has 3 aromatic rings. The molecule has 1 N–H and O–H groups in total. The summed E-state index contributed by atoms with van der Waals surface area (Å²) in [7, 11) is 3.77. The van der Waals surface area contributed by atoms with E-state index < -0.39 is 0 Å². The van der Waals surface area contributed by atoms with Crippen LogP contribution in [0.25, 0.3) is 5.69 Å². The number of guanidine groups is 1. The molecular weight excluding hydrogens is 369 g/mol. The van der Waals surface area contributed by atoms with Gasteiger partial charge in [-0.05, 0) is 42.3 Å². The van der Waals surface area contributed by atoms with Crippen LogP contribution in [-0.2, 0) is 13.5 Å². The van der Waals surface area contributed by atoms with Gasteiger partial charge in [-0.1, -0.05) is 0 Å². The zero-order valence-electron chi connectivity index (χ0n) is 16.8. The number of halogens is 1. The number of rotatable bonds is 5. The normalized spacial score (nSPS) is 17.1. The Bertz CT molecular complexity index is 973. The smallest absolute Gasteiger partial charge is 0.193 e. The van der Waals surface area contributed by atoms with Crippen LogP contribution in [0.5, 0.6) is 0 Å². The molecular formula is C21H26FN7. The Morgan fingerprint density at radius 1 is 1.28 bits per heavy atom. The molecule has 1 saturated heterocycles. The van der Waals surface area contributed by atoms with Crippen LogP contribution in [0.4, 0.5) is 4.39 Å². The monoisotopic (exact) mass is 395 g/mol. The average Bonchev–Trinajstić information content (AvgIpc) is 3.46. The van der Waals surface area contributed by atoms with Crippen molar-refractivity contribution in [3.8, 4) is 5.69 Å². The van der Waals surface area contributed by atoms with Gasteiger partial charge in [-0.15, -0.1) is 0 Å². The molecule has 0 radical (unpaired) electrons. The summed E-state index contributed by atoms with van der Waals surface area (Å²) >= 11 is 0. The van der Waals surface area contributed by atoms with Gasteiger partial charge in [-0.3, -0.25) is 9.67 Å². The van der Waals surface area contributed by atoms with E-state index >= 15 is 0 Å². The molecule has 7 nitrogen and oxygen atoms in total. The highest BCUT2D eigenvalue weighted by atomic mass is 19.1. The topological polar surface area (TPSA) is 63.3 Å². The summed E-state index contributed by atoms with van der Waals surface area (Å²) in [6, 6.07) is 8.31. The molecule has 0 aliphatic carbocycles. The third-order valence-electron chi connectivity index (χ3n) is 5.30. The summed E-state index contributed by atoms with van der Waals surface area (Å²) in [6.07, 6.45) is 7.85. The van der Waals surface area contributed by atoms with Crippen LogP contribution < -0.4 is 5.32 Å². The van der Waals surface area contributed by atoms with Crippen molar-refractivity contribution in [3.63, 3.8) is 0 Å². The van der Waals surface area contributed by atoms with Crippen LogP contribution in [-0.4, -0.2) is 57.1 Å². The van der Waals surface area contributed by atoms with Crippen molar-refractivity contribution in [2.75, 3.05) is 26.7 Å². The van der Waals surface area contributed by atoms with Crippen LogP contribution in [0.3, 0.4) is 0 Å². The highest BCUT2D eigenvalue weighted by molar-refractivity contribution is 5.80. The van der Waals surface area contributed by atoms with Gasteiger partial charge >= 0.3 is 0 Å². The van der Waals surface area contributed by atoms with Crippen LogP contribution >= 0.6 is 0 Å². The number of hydrogen-bond donors (Lipinski definition) is 1. The minimum absolute atomic E-state index is 0.246. The van der Waals surface area contributed by atoms with E-state index in [9.17, 15) is 4.39 Å². The number of aromatic nitrogens is 4. The van der Waals surface area contributed by atoms with Crippen molar-refractivity contribution >= 4 is 5.96 Å². The van der Waals surface area contributed by atoms with E-state index in [4.69, 9.17) is 0 Å². The molecule has 4 rings (SSSR count). The number of aryl methyl sites for hydroxylation is 1. The zero-order chi connectivity index (χ0) is 20.2. The van der Waals surface area contributed by atoms with Crippen LogP contribution in [0.2, 0.25) is 0 Å². The van der Waals surface area contributed by atoms with Gasteiger partial charge in [-0.2, -0.15) is 10.2 Å². The zero-order valence-corrected chi connectivity index (χ0v) is 16.8. The lowest BCUT2D eigenvalue weighted by Crippen LogP contribution is -2.40. The number of aliphatic imine (C=N–C) groups is 1. The summed E-state index contributed by atoms with van der Waals surface area (Å²) in [5.74, 6) is 1.17. The van der Waals surface area contributed by atoms with Gasteiger partial charge in [0.2, 0.25) is 0 Å². The molecule has 1 atom stereocenters. The Morgan fingerprint density at radius 3 is 2.83 bits per heavy atom. The second-order valence-corrected chi connectivity index (χ2v) is 7.33. The first kappa shape index (κ1) is 19.2. The molecule has 0 bridgehead atoms. The van der Waals surface area contributed by atoms with Crippen molar-refractivity contribution < 1.29 is 4.39 Å². The number of likely N-dealkylation sites (tertiary alicyclic amines) is 1. The Kier molecular flexibility index (Phi) is 5.59. The molecule has 1 aliphatic heterocycles. The number of hydrogen-bond acceptors (Lipinski definition) is 3. The fourth-order valence-electron chi connectivity index (χ4n) is 3.74. The number of benzene rings is 1. The van der Waals surface area contributed by atoms with Crippen molar-refractivity contribution in [3.05, 3.63) is 66.0 Å². The summed E-state index contributed by atoms with van der Waals surface area (Å²) in [5, 5.41) is 12.3.